The van der Waals surface area contributed by atoms with Crippen LogP contribution in [-0.4, -0.2) is 22.5 Å². The molecule has 0 aromatic carbocycles. The number of carboxylic acids is 3. The number of aliphatic carboxylic acids is 3. The summed E-state index contributed by atoms with van der Waals surface area (Å²) in [5.74, 6) is -3.24. The van der Waals surface area contributed by atoms with Crippen LogP contribution in [0.2, 0.25) is 0 Å². The summed E-state index contributed by atoms with van der Waals surface area (Å²) in [4.78, 5) is 27.8. The molecule has 0 bridgehead atoms. The SMILES string of the molecule is CC(=O)[O-].CC(=O)[O-].C[n+]1ccn(CC(=O)[O-])c1.[Ni+2]. The van der Waals surface area contributed by atoms with E-state index in [-0.39, 0.29) is 23.0 Å². The van der Waals surface area contributed by atoms with E-state index in [1.165, 1.54) is 4.57 Å². The van der Waals surface area contributed by atoms with Crippen LogP contribution in [0.1, 0.15) is 13.8 Å². The summed E-state index contributed by atoms with van der Waals surface area (Å²) in [7, 11) is 1.83. The average Bonchev–Trinajstić information content (AvgIpc) is 2.47. The van der Waals surface area contributed by atoms with E-state index in [1.54, 1.807) is 23.3 Å². The van der Waals surface area contributed by atoms with Gasteiger partial charge in [0.25, 0.3) is 0 Å². The van der Waals surface area contributed by atoms with Crippen molar-refractivity contribution in [1.29, 1.82) is 0 Å². The van der Waals surface area contributed by atoms with Gasteiger partial charge in [-0.3, -0.25) is 0 Å². The Morgan fingerprint density at radius 3 is 1.68 bits per heavy atom. The molecule has 8 nitrogen and oxygen atoms in total. The molecule has 0 atom stereocenters. The largest absolute Gasteiger partial charge is 2.00 e. The van der Waals surface area contributed by atoms with Crippen LogP contribution in [0.25, 0.3) is 0 Å². The predicted molar refractivity (Wildman–Crippen MR) is 52.0 cm³/mol. The zero-order chi connectivity index (χ0) is 14.7. The van der Waals surface area contributed by atoms with Gasteiger partial charge in [-0.25, -0.2) is 9.13 Å². The number of carbonyl (C=O) groups is 3. The first-order valence-electron chi connectivity index (χ1n) is 4.71. The Morgan fingerprint density at radius 1 is 1.11 bits per heavy atom. The molecule has 110 valence electrons. The van der Waals surface area contributed by atoms with Crippen molar-refractivity contribution in [3.63, 3.8) is 0 Å². The van der Waals surface area contributed by atoms with Crippen molar-refractivity contribution in [2.45, 2.75) is 20.4 Å². The summed E-state index contributed by atoms with van der Waals surface area (Å²) in [5.41, 5.74) is 0. The fraction of sp³-hybridized carbons (Fsp3) is 0.400. The quantitative estimate of drug-likeness (QED) is 0.400. The summed E-state index contributed by atoms with van der Waals surface area (Å²) >= 11 is 0. The van der Waals surface area contributed by atoms with Crippen LogP contribution in [0.15, 0.2) is 18.7 Å². The molecule has 1 rings (SSSR count). The molecule has 0 aliphatic heterocycles. The van der Waals surface area contributed by atoms with Crippen LogP contribution in [0.3, 0.4) is 0 Å². The number of hydrogen-bond donors (Lipinski definition) is 0. The third-order valence-electron chi connectivity index (χ3n) is 1.14. The molecule has 0 N–H and O–H groups in total. The first-order chi connectivity index (χ1) is 8.15. The molecule has 1 aromatic rings. The van der Waals surface area contributed by atoms with Crippen molar-refractivity contribution in [2.75, 3.05) is 0 Å². The predicted octanol–water partition coefficient (Wildman–Crippen LogP) is -4.43. The number of carboxylic acid groups (broad SMARTS) is 3. The third kappa shape index (κ3) is 26.0. The molecule has 0 fully saturated rings. The smallest absolute Gasteiger partial charge is 0.550 e. The zero-order valence-electron chi connectivity index (χ0n) is 10.6. The van der Waals surface area contributed by atoms with Gasteiger partial charge in [-0.1, -0.05) is 0 Å². The van der Waals surface area contributed by atoms with E-state index in [2.05, 4.69) is 0 Å². The van der Waals surface area contributed by atoms with E-state index in [0.29, 0.717) is 0 Å². The van der Waals surface area contributed by atoms with Crippen molar-refractivity contribution in [2.24, 2.45) is 7.05 Å². The van der Waals surface area contributed by atoms with Gasteiger partial charge in [0.05, 0.1) is 13.0 Å². The van der Waals surface area contributed by atoms with Crippen LogP contribution >= 0.6 is 0 Å². The van der Waals surface area contributed by atoms with E-state index < -0.39 is 17.9 Å². The topological polar surface area (TPSA) is 129 Å². The molecule has 0 saturated heterocycles. The van der Waals surface area contributed by atoms with Crippen molar-refractivity contribution in [3.05, 3.63) is 18.7 Å². The Balaban J connectivity index is -0.000000242. The maximum atomic E-state index is 10.0. The van der Waals surface area contributed by atoms with Crippen molar-refractivity contribution in [1.82, 2.24) is 4.57 Å². The van der Waals surface area contributed by atoms with Crippen molar-refractivity contribution < 1.29 is 50.8 Å². The van der Waals surface area contributed by atoms with Gasteiger partial charge >= 0.3 is 16.5 Å². The molecule has 19 heavy (non-hydrogen) atoms. The zero-order valence-corrected chi connectivity index (χ0v) is 11.6. The molecular formula is C10H14N2NiO6. The summed E-state index contributed by atoms with van der Waals surface area (Å²) in [6.45, 7) is 1.86. The first kappa shape index (κ1) is 22.3. The van der Waals surface area contributed by atoms with Crippen molar-refractivity contribution >= 4 is 17.9 Å². The van der Waals surface area contributed by atoms with Gasteiger partial charge in [-0.15, -0.1) is 0 Å². The minimum atomic E-state index is -1.08. The molecule has 0 saturated carbocycles. The second kappa shape index (κ2) is 12.6. The summed E-state index contributed by atoms with van der Waals surface area (Å²) in [6, 6.07) is 0. The Morgan fingerprint density at radius 2 is 1.47 bits per heavy atom. The molecule has 0 amide bonds. The molecule has 0 radical (unpaired) electrons. The summed E-state index contributed by atoms with van der Waals surface area (Å²) < 4.78 is 3.30. The van der Waals surface area contributed by atoms with E-state index in [1.807, 2.05) is 7.05 Å². The second-order valence-electron chi connectivity index (χ2n) is 3.11. The minimum absolute atomic E-state index is 0. The second-order valence-corrected chi connectivity index (χ2v) is 3.11. The van der Waals surface area contributed by atoms with E-state index in [9.17, 15) is 9.90 Å². The van der Waals surface area contributed by atoms with Gasteiger partial charge in [-0.2, -0.15) is 0 Å². The maximum Gasteiger partial charge on any atom is 2.00 e. The van der Waals surface area contributed by atoms with Crippen molar-refractivity contribution in [3.8, 4) is 0 Å². The number of aryl methyl sites for hydroxylation is 1. The van der Waals surface area contributed by atoms with Gasteiger partial charge in [0.2, 0.25) is 6.33 Å². The fourth-order valence-electron chi connectivity index (χ4n) is 0.744. The van der Waals surface area contributed by atoms with E-state index in [0.717, 1.165) is 13.8 Å². The molecule has 0 aliphatic rings. The summed E-state index contributed by atoms with van der Waals surface area (Å²) in [6.07, 6.45) is 5.12. The van der Waals surface area contributed by atoms with Gasteiger partial charge < -0.3 is 29.7 Å². The number of carbonyl (C=O) groups excluding carboxylic acids is 3. The number of rotatable bonds is 2. The van der Waals surface area contributed by atoms with Crippen LogP contribution < -0.4 is 19.9 Å². The Hall–Kier alpha value is -1.89. The molecule has 0 unspecified atom stereocenters. The molecule has 1 aromatic heterocycles. The average molecular weight is 317 g/mol. The van der Waals surface area contributed by atoms with Crippen LogP contribution in [0.5, 0.6) is 0 Å². The maximum absolute atomic E-state index is 10.0. The van der Waals surface area contributed by atoms with E-state index >= 15 is 0 Å². The van der Waals surface area contributed by atoms with Crippen LogP contribution in [0.4, 0.5) is 0 Å². The van der Waals surface area contributed by atoms with Crippen LogP contribution in [-0.2, 0) is 44.5 Å². The van der Waals surface area contributed by atoms with Gasteiger partial charge in [-0.05, 0) is 13.8 Å². The normalized spacial score (nSPS) is 7.74. The Bertz CT molecular complexity index is 384. The van der Waals surface area contributed by atoms with Gasteiger partial charge in [0.15, 0.2) is 0 Å². The number of imidazole rings is 1. The summed E-state index contributed by atoms with van der Waals surface area (Å²) in [5, 5.41) is 27.8. The molecule has 0 aliphatic carbocycles. The standard InChI is InChI=1S/C6H8N2O2.2C2H4O2.Ni/c1-7-2-3-8(5-7)4-6(9)10;2*1-2(3)4;/h2-3,5H,4H2,1H3;2*1H3,(H,3,4);/q;;;+2/p-2. The fourth-order valence-corrected chi connectivity index (χ4v) is 0.744. The Labute approximate surface area is 120 Å². The molecule has 9 heteroatoms. The first-order valence-corrected chi connectivity index (χ1v) is 4.71. The Kier molecular flexibility index (Phi) is 14.8. The number of aromatic nitrogens is 2. The molecule has 0 spiro atoms. The minimum Gasteiger partial charge on any atom is -0.550 e. The van der Waals surface area contributed by atoms with Gasteiger partial charge in [0.1, 0.15) is 18.9 Å². The monoisotopic (exact) mass is 316 g/mol. The van der Waals surface area contributed by atoms with Crippen LogP contribution in [0, 0.1) is 0 Å². The number of hydrogen-bond acceptors (Lipinski definition) is 6. The van der Waals surface area contributed by atoms with E-state index in [4.69, 9.17) is 19.8 Å². The van der Waals surface area contributed by atoms with Gasteiger partial charge in [0, 0.05) is 11.9 Å². The molecular weight excluding hydrogens is 303 g/mol. The molecule has 1 heterocycles. The number of nitrogens with zero attached hydrogens (tertiary/aromatic N) is 2. The third-order valence-corrected chi connectivity index (χ3v) is 1.14.